The van der Waals surface area contributed by atoms with Crippen molar-refractivity contribution in [1.82, 2.24) is 5.43 Å². The van der Waals surface area contributed by atoms with E-state index in [9.17, 15) is 0 Å². The zero-order valence-corrected chi connectivity index (χ0v) is 14.3. The van der Waals surface area contributed by atoms with Crippen molar-refractivity contribution in [2.45, 2.75) is 57.1 Å². The van der Waals surface area contributed by atoms with E-state index in [-0.39, 0.29) is 11.6 Å². The monoisotopic (exact) mass is 352 g/mol. The molecule has 0 aromatic heterocycles. The van der Waals surface area contributed by atoms with Crippen LogP contribution in [0.5, 0.6) is 0 Å². The maximum atomic E-state index is 6.16. The van der Waals surface area contributed by atoms with E-state index >= 15 is 0 Å². The highest BCUT2D eigenvalue weighted by Gasteiger charge is 2.42. The standard InChI is InChI=1S/C17H25BrN2O/c1-12-14(5-4-6-15(12)18)16(20-19)13-7-10-21-17(11-13)8-2-3-9-17/h4-6,13,16,20H,2-3,7-11,19H2,1H3. The molecule has 1 heterocycles. The van der Waals surface area contributed by atoms with Crippen LogP contribution in [-0.4, -0.2) is 12.2 Å². The summed E-state index contributed by atoms with van der Waals surface area (Å²) in [6, 6.07) is 6.60. The maximum Gasteiger partial charge on any atom is 0.0686 e. The summed E-state index contributed by atoms with van der Waals surface area (Å²) < 4.78 is 7.32. The molecule has 1 aliphatic carbocycles. The van der Waals surface area contributed by atoms with Crippen LogP contribution in [0, 0.1) is 12.8 Å². The number of rotatable bonds is 3. The second kappa shape index (κ2) is 6.37. The first kappa shape index (κ1) is 15.5. The van der Waals surface area contributed by atoms with Crippen molar-refractivity contribution in [3.63, 3.8) is 0 Å². The Bertz CT molecular complexity index is 500. The second-order valence-corrected chi connectivity index (χ2v) is 7.44. The van der Waals surface area contributed by atoms with Gasteiger partial charge < -0.3 is 4.74 Å². The highest BCUT2D eigenvalue weighted by molar-refractivity contribution is 9.10. The summed E-state index contributed by atoms with van der Waals surface area (Å²) in [4.78, 5) is 0. The van der Waals surface area contributed by atoms with Gasteiger partial charge in [0, 0.05) is 17.1 Å². The van der Waals surface area contributed by atoms with Crippen molar-refractivity contribution >= 4 is 15.9 Å². The molecule has 21 heavy (non-hydrogen) atoms. The predicted octanol–water partition coefficient (Wildman–Crippen LogP) is 4.00. The van der Waals surface area contributed by atoms with Crippen LogP contribution in [0.25, 0.3) is 0 Å². The third kappa shape index (κ3) is 3.04. The first-order chi connectivity index (χ1) is 10.2. The predicted molar refractivity (Wildman–Crippen MR) is 88.8 cm³/mol. The lowest BCUT2D eigenvalue weighted by Crippen LogP contribution is -2.43. The lowest BCUT2D eigenvalue weighted by molar-refractivity contribution is -0.0982. The minimum Gasteiger partial charge on any atom is -0.375 e. The molecule has 1 saturated heterocycles. The van der Waals surface area contributed by atoms with Crippen LogP contribution < -0.4 is 11.3 Å². The Morgan fingerprint density at radius 1 is 1.38 bits per heavy atom. The molecule has 3 rings (SSSR count). The smallest absolute Gasteiger partial charge is 0.0686 e. The lowest BCUT2D eigenvalue weighted by atomic mass is 9.78. The quantitative estimate of drug-likeness (QED) is 0.638. The minimum absolute atomic E-state index is 0.137. The molecule has 3 nitrogen and oxygen atoms in total. The molecule has 0 amide bonds. The highest BCUT2D eigenvalue weighted by atomic mass is 79.9. The molecule has 1 saturated carbocycles. The van der Waals surface area contributed by atoms with Gasteiger partial charge in [0.15, 0.2) is 0 Å². The maximum absolute atomic E-state index is 6.16. The number of nitrogens with two attached hydrogens (primary N) is 1. The molecule has 1 aromatic carbocycles. The average Bonchev–Trinajstić information content (AvgIpc) is 2.92. The molecule has 2 unspecified atom stereocenters. The Morgan fingerprint density at radius 3 is 2.86 bits per heavy atom. The average molecular weight is 353 g/mol. The summed E-state index contributed by atoms with van der Waals surface area (Å²) in [5, 5.41) is 0. The van der Waals surface area contributed by atoms with Crippen LogP contribution in [0.15, 0.2) is 22.7 Å². The molecule has 2 atom stereocenters. The van der Waals surface area contributed by atoms with Gasteiger partial charge >= 0.3 is 0 Å². The zero-order chi connectivity index (χ0) is 14.9. The van der Waals surface area contributed by atoms with Gasteiger partial charge in [0.2, 0.25) is 0 Å². The molecule has 1 spiro atoms. The van der Waals surface area contributed by atoms with Crippen LogP contribution in [0.4, 0.5) is 0 Å². The summed E-state index contributed by atoms with van der Waals surface area (Å²) >= 11 is 3.63. The van der Waals surface area contributed by atoms with Crippen LogP contribution in [0.2, 0.25) is 0 Å². The van der Waals surface area contributed by atoms with E-state index in [1.807, 2.05) is 0 Å². The zero-order valence-electron chi connectivity index (χ0n) is 12.7. The van der Waals surface area contributed by atoms with Crippen molar-refractivity contribution in [3.05, 3.63) is 33.8 Å². The van der Waals surface area contributed by atoms with Crippen molar-refractivity contribution in [1.29, 1.82) is 0 Å². The van der Waals surface area contributed by atoms with Crippen molar-refractivity contribution < 1.29 is 4.74 Å². The SMILES string of the molecule is Cc1c(Br)cccc1C(NN)C1CCOC2(CCCC2)C1. The highest BCUT2D eigenvalue weighted by Crippen LogP contribution is 2.45. The number of halogens is 1. The van der Waals surface area contributed by atoms with E-state index in [4.69, 9.17) is 10.6 Å². The topological polar surface area (TPSA) is 47.3 Å². The molecule has 1 aromatic rings. The number of hydrazine groups is 1. The van der Waals surface area contributed by atoms with Gasteiger partial charge in [-0.2, -0.15) is 0 Å². The summed E-state index contributed by atoms with van der Waals surface area (Å²) in [5.74, 6) is 6.49. The van der Waals surface area contributed by atoms with E-state index in [0.29, 0.717) is 5.92 Å². The fourth-order valence-electron chi connectivity index (χ4n) is 4.16. The molecule has 3 N–H and O–H groups in total. The first-order valence-corrected chi connectivity index (χ1v) is 8.80. The molecule has 4 heteroatoms. The van der Waals surface area contributed by atoms with Gasteiger partial charge in [0.1, 0.15) is 0 Å². The van der Waals surface area contributed by atoms with Crippen LogP contribution in [0.3, 0.4) is 0 Å². The Hall–Kier alpha value is -0.420. The van der Waals surface area contributed by atoms with E-state index < -0.39 is 0 Å². The number of nitrogens with one attached hydrogen (secondary N) is 1. The fraction of sp³-hybridized carbons (Fsp3) is 0.647. The molecule has 0 radical (unpaired) electrons. The van der Waals surface area contributed by atoms with Gasteiger partial charge in [0.25, 0.3) is 0 Å². The van der Waals surface area contributed by atoms with Gasteiger partial charge in [-0.3, -0.25) is 11.3 Å². The largest absolute Gasteiger partial charge is 0.375 e. The van der Waals surface area contributed by atoms with Crippen LogP contribution in [-0.2, 0) is 4.74 Å². The molecule has 116 valence electrons. The summed E-state index contributed by atoms with van der Waals surface area (Å²) in [6.07, 6.45) is 7.28. The lowest BCUT2D eigenvalue weighted by Gasteiger charge is -2.41. The van der Waals surface area contributed by atoms with Gasteiger partial charge in [-0.25, -0.2) is 0 Å². The van der Waals surface area contributed by atoms with Gasteiger partial charge in [-0.05, 0) is 55.7 Å². The number of benzene rings is 1. The van der Waals surface area contributed by atoms with E-state index in [0.717, 1.165) is 23.9 Å². The van der Waals surface area contributed by atoms with E-state index in [2.05, 4.69) is 46.5 Å². The van der Waals surface area contributed by atoms with Crippen molar-refractivity contribution in [2.75, 3.05) is 6.61 Å². The summed E-state index contributed by atoms with van der Waals surface area (Å²) in [7, 11) is 0. The van der Waals surface area contributed by atoms with Gasteiger partial charge in [-0.1, -0.05) is 40.9 Å². The molecular weight excluding hydrogens is 328 g/mol. The van der Waals surface area contributed by atoms with Crippen LogP contribution in [0.1, 0.15) is 55.7 Å². The molecule has 2 aliphatic rings. The number of hydrogen-bond acceptors (Lipinski definition) is 3. The Balaban J connectivity index is 1.84. The minimum atomic E-state index is 0.137. The first-order valence-electron chi connectivity index (χ1n) is 8.00. The fourth-order valence-corrected chi connectivity index (χ4v) is 4.54. The molecule has 1 aliphatic heterocycles. The van der Waals surface area contributed by atoms with Crippen molar-refractivity contribution in [2.24, 2.45) is 11.8 Å². The normalized spacial score (nSPS) is 26.1. The third-order valence-corrected chi connectivity index (χ3v) is 6.20. The Labute approximate surface area is 135 Å². The van der Waals surface area contributed by atoms with Gasteiger partial charge in [0.05, 0.1) is 5.60 Å². The summed E-state index contributed by atoms with van der Waals surface area (Å²) in [5.41, 5.74) is 5.82. The second-order valence-electron chi connectivity index (χ2n) is 6.59. The number of ether oxygens (including phenoxy) is 1. The van der Waals surface area contributed by atoms with Crippen LogP contribution >= 0.6 is 15.9 Å². The van der Waals surface area contributed by atoms with E-state index in [1.54, 1.807) is 0 Å². The molecule has 2 fully saturated rings. The van der Waals surface area contributed by atoms with E-state index in [1.165, 1.54) is 36.8 Å². The third-order valence-electron chi connectivity index (χ3n) is 5.34. The van der Waals surface area contributed by atoms with Gasteiger partial charge in [-0.15, -0.1) is 0 Å². The summed E-state index contributed by atoms with van der Waals surface area (Å²) in [6.45, 7) is 3.03. The number of hydrogen-bond donors (Lipinski definition) is 2. The van der Waals surface area contributed by atoms with Crippen molar-refractivity contribution in [3.8, 4) is 0 Å². The molecule has 0 bridgehead atoms. The Kier molecular flexibility index (Phi) is 4.69. The molecular formula is C17H25BrN2O. The Morgan fingerprint density at radius 2 is 2.14 bits per heavy atom.